The summed E-state index contributed by atoms with van der Waals surface area (Å²) in [6.45, 7) is 0. The smallest absolute Gasteiger partial charge is 0.159 e. The second-order valence-corrected chi connectivity index (χ2v) is 15.1. The lowest BCUT2D eigenvalue weighted by Gasteiger charge is -2.24. The lowest BCUT2D eigenvalue weighted by atomic mass is 10.0. The minimum Gasteiger partial charge on any atom is -0.454 e. The molecule has 58 heavy (non-hydrogen) atoms. The topological polar surface area (TPSA) is 54.8 Å². The lowest BCUT2D eigenvalue weighted by molar-refractivity contribution is 0.666. The van der Waals surface area contributed by atoms with Gasteiger partial charge in [-0.05, 0) is 86.8 Å². The Bertz CT molecular complexity index is 3500. The van der Waals surface area contributed by atoms with Crippen LogP contribution in [0.1, 0.15) is 22.9 Å². The van der Waals surface area contributed by atoms with Crippen molar-refractivity contribution in [2.45, 2.75) is 6.17 Å². The summed E-state index contributed by atoms with van der Waals surface area (Å²) in [7, 11) is 0. The number of furan rings is 1. The quantitative estimate of drug-likeness (QED) is 0.191. The van der Waals surface area contributed by atoms with Crippen LogP contribution in [0.25, 0.3) is 82.1 Å². The van der Waals surface area contributed by atoms with Crippen LogP contribution in [0.2, 0.25) is 0 Å². The number of aliphatic imine (C=N–C) groups is 2. The summed E-state index contributed by atoms with van der Waals surface area (Å²) in [5.74, 6) is 1.42. The molecule has 0 fully saturated rings. The van der Waals surface area contributed by atoms with Crippen molar-refractivity contribution in [3.05, 3.63) is 211 Å². The Morgan fingerprint density at radius 3 is 2.02 bits per heavy atom. The molecule has 5 heteroatoms. The first-order valence-electron chi connectivity index (χ1n) is 19.7. The van der Waals surface area contributed by atoms with E-state index in [0.717, 1.165) is 77.7 Å². The van der Waals surface area contributed by atoms with E-state index < -0.39 is 6.17 Å². The van der Waals surface area contributed by atoms with Gasteiger partial charge in [-0.15, -0.1) is 0 Å². The summed E-state index contributed by atoms with van der Waals surface area (Å²) in [6.07, 6.45) is -0.391. The molecule has 9 aromatic carbocycles. The van der Waals surface area contributed by atoms with Gasteiger partial charge in [-0.25, -0.2) is 9.98 Å². The molecule has 0 bridgehead atoms. The SMILES string of the molecule is c1ccc(-c2cccc(C3N=C(c4cc(-n5c6ccccc6c6cc7ccccc7cc65)c5oc6ccccc6c5c4)N=C(c4ccc5ccccc5c4)N3)c2)cc1. The molecule has 0 amide bonds. The van der Waals surface area contributed by atoms with E-state index in [9.17, 15) is 0 Å². The van der Waals surface area contributed by atoms with Gasteiger partial charge in [0.15, 0.2) is 11.4 Å². The molecule has 11 aromatic rings. The van der Waals surface area contributed by atoms with Crippen molar-refractivity contribution < 1.29 is 4.42 Å². The van der Waals surface area contributed by atoms with Gasteiger partial charge in [0.05, 0.1) is 16.7 Å². The summed E-state index contributed by atoms with van der Waals surface area (Å²) in [6, 6.07) is 68.7. The van der Waals surface area contributed by atoms with Gasteiger partial charge in [0.2, 0.25) is 0 Å². The zero-order valence-corrected chi connectivity index (χ0v) is 31.3. The van der Waals surface area contributed by atoms with Crippen LogP contribution in [0, 0.1) is 0 Å². The molecular weight excluding hydrogens is 709 g/mol. The molecule has 1 unspecified atom stereocenters. The monoisotopic (exact) mass is 742 g/mol. The molecule has 0 aliphatic carbocycles. The van der Waals surface area contributed by atoms with E-state index in [2.05, 4.69) is 192 Å². The van der Waals surface area contributed by atoms with Crippen molar-refractivity contribution in [3.8, 4) is 16.8 Å². The first kappa shape index (κ1) is 32.5. The van der Waals surface area contributed by atoms with Crippen LogP contribution in [0.3, 0.4) is 0 Å². The zero-order chi connectivity index (χ0) is 38.2. The molecule has 272 valence electrons. The third kappa shape index (κ3) is 5.25. The highest BCUT2D eigenvalue weighted by Gasteiger charge is 2.25. The van der Waals surface area contributed by atoms with E-state index in [1.807, 2.05) is 12.1 Å². The van der Waals surface area contributed by atoms with Crippen LogP contribution in [-0.4, -0.2) is 16.2 Å². The van der Waals surface area contributed by atoms with Crippen molar-refractivity contribution in [2.24, 2.45) is 9.98 Å². The first-order valence-corrected chi connectivity index (χ1v) is 19.7. The lowest BCUT2D eigenvalue weighted by Crippen LogP contribution is -2.33. The number of hydrogen-bond donors (Lipinski definition) is 1. The second kappa shape index (κ2) is 12.9. The number of amidine groups is 2. The van der Waals surface area contributed by atoms with E-state index >= 15 is 0 Å². The predicted octanol–water partition coefficient (Wildman–Crippen LogP) is 13.2. The van der Waals surface area contributed by atoms with Gasteiger partial charge in [0.1, 0.15) is 17.6 Å². The largest absolute Gasteiger partial charge is 0.454 e. The maximum atomic E-state index is 6.80. The number of nitrogens with zero attached hydrogens (tertiary/aromatic N) is 3. The highest BCUT2D eigenvalue weighted by molar-refractivity contribution is 6.19. The van der Waals surface area contributed by atoms with Gasteiger partial charge in [-0.2, -0.15) is 0 Å². The summed E-state index contributed by atoms with van der Waals surface area (Å²) < 4.78 is 9.17. The van der Waals surface area contributed by atoms with E-state index in [-0.39, 0.29) is 0 Å². The Labute approximate surface area is 333 Å². The fourth-order valence-electron chi connectivity index (χ4n) is 8.77. The third-order valence-electron chi connectivity index (χ3n) is 11.6. The fraction of sp³-hybridized carbons (Fsp3) is 0.0189. The van der Waals surface area contributed by atoms with E-state index in [0.29, 0.717) is 5.84 Å². The number of benzene rings is 9. The molecule has 5 nitrogen and oxygen atoms in total. The van der Waals surface area contributed by atoms with Crippen LogP contribution in [0.15, 0.2) is 209 Å². The van der Waals surface area contributed by atoms with Crippen molar-refractivity contribution in [1.82, 2.24) is 9.88 Å². The summed E-state index contributed by atoms with van der Waals surface area (Å²) in [5, 5.41) is 12.9. The van der Waals surface area contributed by atoms with E-state index in [1.54, 1.807) is 0 Å². The standard InChI is InChI=1S/C53H34N4O/c1-2-13-33(14-3-1)36-19-12-20-39(27-36)51-54-52(40-26-25-34-15-4-5-16-35(34)28-40)56-53(55-51)41-30-45-43-22-9-11-24-49(43)58-50(45)48(32-41)57-46-23-10-8-21-42(46)44-29-37-17-6-7-18-38(37)31-47(44)57/h1-32,51H,(H,54,55,56). The van der Waals surface area contributed by atoms with Gasteiger partial charge in [-0.3, -0.25) is 0 Å². The Balaban J connectivity index is 1.12. The molecule has 1 atom stereocenters. The Kier molecular flexibility index (Phi) is 7.23. The molecule has 0 saturated heterocycles. The van der Waals surface area contributed by atoms with Crippen molar-refractivity contribution in [2.75, 3.05) is 0 Å². The van der Waals surface area contributed by atoms with E-state index in [4.69, 9.17) is 14.4 Å². The van der Waals surface area contributed by atoms with Crippen LogP contribution >= 0.6 is 0 Å². The van der Waals surface area contributed by atoms with Gasteiger partial charge in [0.25, 0.3) is 0 Å². The predicted molar refractivity (Wildman–Crippen MR) is 240 cm³/mol. The van der Waals surface area contributed by atoms with Crippen LogP contribution in [-0.2, 0) is 0 Å². The number of fused-ring (bicyclic) bond motifs is 8. The fourth-order valence-corrected chi connectivity index (χ4v) is 8.77. The number of para-hydroxylation sites is 2. The molecule has 1 N–H and O–H groups in total. The summed E-state index contributed by atoms with van der Waals surface area (Å²) in [5.41, 5.74) is 10.1. The third-order valence-corrected chi connectivity index (χ3v) is 11.6. The molecule has 1 aliphatic rings. The molecule has 1 aliphatic heterocycles. The average Bonchev–Trinajstić information content (AvgIpc) is 3.83. The molecule has 3 heterocycles. The van der Waals surface area contributed by atoms with Crippen LogP contribution in [0.5, 0.6) is 0 Å². The first-order chi connectivity index (χ1) is 28.7. The minimum atomic E-state index is -0.391. The number of nitrogens with one attached hydrogen (secondary N) is 1. The summed E-state index contributed by atoms with van der Waals surface area (Å²) in [4.78, 5) is 10.8. The molecule has 0 spiro atoms. The zero-order valence-electron chi connectivity index (χ0n) is 31.3. The number of hydrogen-bond acceptors (Lipinski definition) is 4. The van der Waals surface area contributed by atoms with Crippen molar-refractivity contribution >= 4 is 77.0 Å². The molecule has 0 saturated carbocycles. The number of rotatable bonds is 5. The molecular formula is C53H34N4O. The Hall–Kier alpha value is -7.76. The molecule has 12 rings (SSSR count). The Morgan fingerprint density at radius 2 is 1.16 bits per heavy atom. The maximum Gasteiger partial charge on any atom is 0.159 e. The van der Waals surface area contributed by atoms with Gasteiger partial charge >= 0.3 is 0 Å². The van der Waals surface area contributed by atoms with Gasteiger partial charge < -0.3 is 14.3 Å². The maximum absolute atomic E-state index is 6.80. The van der Waals surface area contributed by atoms with Crippen molar-refractivity contribution in [3.63, 3.8) is 0 Å². The van der Waals surface area contributed by atoms with Gasteiger partial charge in [-0.1, -0.05) is 146 Å². The van der Waals surface area contributed by atoms with Crippen LogP contribution < -0.4 is 5.32 Å². The minimum absolute atomic E-state index is 0.391. The molecule has 0 radical (unpaired) electrons. The molecule has 2 aromatic heterocycles. The normalized spacial score (nSPS) is 14.4. The van der Waals surface area contributed by atoms with Crippen molar-refractivity contribution in [1.29, 1.82) is 0 Å². The summed E-state index contributed by atoms with van der Waals surface area (Å²) >= 11 is 0. The second-order valence-electron chi connectivity index (χ2n) is 15.1. The van der Waals surface area contributed by atoms with Gasteiger partial charge in [0, 0.05) is 32.7 Å². The Morgan fingerprint density at radius 1 is 0.448 bits per heavy atom. The van der Waals surface area contributed by atoms with E-state index in [1.165, 1.54) is 26.9 Å². The number of aromatic nitrogens is 1. The average molecular weight is 743 g/mol. The highest BCUT2D eigenvalue weighted by atomic mass is 16.3. The van der Waals surface area contributed by atoms with Crippen LogP contribution in [0.4, 0.5) is 0 Å². The highest BCUT2D eigenvalue weighted by Crippen LogP contribution is 2.40.